The summed E-state index contributed by atoms with van der Waals surface area (Å²) >= 11 is 6.32. The van der Waals surface area contributed by atoms with Crippen molar-refractivity contribution in [3.05, 3.63) is 53.4 Å². The summed E-state index contributed by atoms with van der Waals surface area (Å²) in [6.45, 7) is 2.72. The summed E-state index contributed by atoms with van der Waals surface area (Å²) in [5.41, 5.74) is 2.19. The van der Waals surface area contributed by atoms with Crippen LogP contribution in [0.4, 0.5) is 0 Å². The summed E-state index contributed by atoms with van der Waals surface area (Å²) in [6, 6.07) is 8.68. The van der Waals surface area contributed by atoms with Gasteiger partial charge in [0.15, 0.2) is 0 Å². The lowest BCUT2D eigenvalue weighted by Crippen LogP contribution is -2.36. The second-order valence-electron chi connectivity index (χ2n) is 6.82. The van der Waals surface area contributed by atoms with Crippen LogP contribution in [-0.4, -0.2) is 63.0 Å². The number of hydrogen-bond donors (Lipinski definition) is 0. The molecule has 0 aliphatic carbocycles. The van der Waals surface area contributed by atoms with Gasteiger partial charge < -0.3 is 4.90 Å². The Morgan fingerprint density at radius 1 is 1.24 bits per heavy atom. The van der Waals surface area contributed by atoms with Gasteiger partial charge in [0.2, 0.25) is 0 Å². The van der Waals surface area contributed by atoms with Gasteiger partial charge >= 0.3 is 0 Å². The van der Waals surface area contributed by atoms with E-state index in [2.05, 4.69) is 45.3 Å². The van der Waals surface area contributed by atoms with Crippen molar-refractivity contribution in [3.8, 4) is 0 Å². The van der Waals surface area contributed by atoms with Crippen LogP contribution >= 0.6 is 11.6 Å². The third kappa shape index (κ3) is 3.25. The average molecular weight is 357 g/mol. The maximum absolute atomic E-state index is 6.32. The molecule has 0 amide bonds. The molecular weight excluding hydrogens is 336 g/mol. The van der Waals surface area contributed by atoms with Crippen LogP contribution < -0.4 is 0 Å². The van der Waals surface area contributed by atoms with Crippen molar-refractivity contribution < 1.29 is 0 Å². The fraction of sp³-hybridized carbons (Fsp3) is 0.389. The van der Waals surface area contributed by atoms with E-state index in [0.29, 0.717) is 6.04 Å². The van der Waals surface area contributed by atoms with Crippen LogP contribution in [0.2, 0.25) is 5.02 Å². The van der Waals surface area contributed by atoms with Crippen molar-refractivity contribution in [2.75, 3.05) is 27.2 Å². The van der Waals surface area contributed by atoms with Crippen LogP contribution in [0.5, 0.6) is 0 Å². The van der Waals surface area contributed by atoms with E-state index in [1.54, 1.807) is 6.20 Å². The molecule has 25 heavy (non-hydrogen) atoms. The van der Waals surface area contributed by atoms with Crippen LogP contribution in [0.15, 0.2) is 42.9 Å². The fourth-order valence-corrected chi connectivity index (χ4v) is 3.98. The molecule has 1 saturated heterocycles. The summed E-state index contributed by atoms with van der Waals surface area (Å²) < 4.78 is 1.97. The molecule has 3 aromatic rings. The van der Waals surface area contributed by atoms with Crippen LogP contribution in [0.3, 0.4) is 0 Å². The number of fused-ring (bicyclic) bond motifs is 1. The number of likely N-dealkylation sites (N-methyl/N-ethyl adjacent to an activating group) is 1. The first-order chi connectivity index (χ1) is 12.1. The van der Waals surface area contributed by atoms with E-state index in [4.69, 9.17) is 11.6 Å². The molecule has 6 nitrogen and oxygen atoms in total. The number of halogens is 1. The molecule has 2 aromatic heterocycles. The van der Waals surface area contributed by atoms with E-state index in [1.165, 1.54) is 5.56 Å². The van der Waals surface area contributed by atoms with Gasteiger partial charge in [0, 0.05) is 48.5 Å². The Labute approximate surface area is 152 Å². The number of benzene rings is 1. The SMILES string of the molecule is CN(C)[C@@H]1CN(Cc2cc(Cl)cc3cccnc23)C[C@@H]1n1ccnn1. The van der Waals surface area contributed by atoms with Gasteiger partial charge in [-0.05, 0) is 37.9 Å². The summed E-state index contributed by atoms with van der Waals surface area (Å²) in [5.74, 6) is 0. The average Bonchev–Trinajstić information content (AvgIpc) is 3.23. The number of rotatable bonds is 4. The zero-order valence-corrected chi connectivity index (χ0v) is 15.1. The zero-order chi connectivity index (χ0) is 17.4. The molecule has 0 unspecified atom stereocenters. The zero-order valence-electron chi connectivity index (χ0n) is 14.4. The van der Waals surface area contributed by atoms with Crippen LogP contribution in [0.1, 0.15) is 11.6 Å². The third-order valence-corrected chi connectivity index (χ3v) is 5.14. The molecule has 4 rings (SSSR count). The first-order valence-electron chi connectivity index (χ1n) is 8.39. The van der Waals surface area contributed by atoms with E-state index in [0.717, 1.165) is 35.6 Å². The van der Waals surface area contributed by atoms with E-state index in [-0.39, 0.29) is 6.04 Å². The number of aromatic nitrogens is 4. The normalized spacial score (nSPS) is 21.4. The summed E-state index contributed by atoms with van der Waals surface area (Å²) in [5, 5.41) is 10.0. The Bertz CT molecular complexity index is 863. The van der Waals surface area contributed by atoms with Gasteiger partial charge in [0.1, 0.15) is 0 Å². The Morgan fingerprint density at radius 3 is 2.88 bits per heavy atom. The Hall–Kier alpha value is -2.02. The van der Waals surface area contributed by atoms with Gasteiger partial charge in [-0.15, -0.1) is 5.10 Å². The molecule has 1 aliphatic heterocycles. The monoisotopic (exact) mass is 356 g/mol. The molecule has 1 fully saturated rings. The highest BCUT2D eigenvalue weighted by molar-refractivity contribution is 6.31. The van der Waals surface area contributed by atoms with E-state index in [9.17, 15) is 0 Å². The molecule has 1 aliphatic rings. The largest absolute Gasteiger partial charge is 0.303 e. The van der Waals surface area contributed by atoms with Crippen molar-refractivity contribution in [2.24, 2.45) is 0 Å². The lowest BCUT2D eigenvalue weighted by atomic mass is 10.1. The highest BCUT2D eigenvalue weighted by atomic mass is 35.5. The minimum Gasteiger partial charge on any atom is -0.303 e. The summed E-state index contributed by atoms with van der Waals surface area (Å²) in [7, 11) is 4.24. The van der Waals surface area contributed by atoms with Crippen molar-refractivity contribution in [3.63, 3.8) is 0 Å². The van der Waals surface area contributed by atoms with E-state index >= 15 is 0 Å². The maximum atomic E-state index is 6.32. The predicted molar refractivity (Wildman–Crippen MR) is 98.6 cm³/mol. The second-order valence-corrected chi connectivity index (χ2v) is 7.25. The minimum absolute atomic E-state index is 0.288. The standard InChI is InChI=1S/C18H21ClN6/c1-23(2)16-11-24(12-17(16)25-7-6-21-22-25)10-14-9-15(19)8-13-4-3-5-20-18(13)14/h3-9,16-17H,10-12H2,1-2H3/t16-,17+/m1/s1. The molecule has 3 heterocycles. The van der Waals surface area contributed by atoms with Crippen molar-refractivity contribution >= 4 is 22.5 Å². The van der Waals surface area contributed by atoms with Crippen molar-refractivity contribution in [1.29, 1.82) is 0 Å². The Morgan fingerprint density at radius 2 is 2.12 bits per heavy atom. The summed E-state index contributed by atoms with van der Waals surface area (Å²) in [4.78, 5) is 9.27. The van der Waals surface area contributed by atoms with Crippen molar-refractivity contribution in [2.45, 2.75) is 18.6 Å². The van der Waals surface area contributed by atoms with Gasteiger partial charge in [-0.3, -0.25) is 9.88 Å². The van der Waals surface area contributed by atoms with Gasteiger partial charge in [-0.2, -0.15) is 0 Å². The fourth-order valence-electron chi connectivity index (χ4n) is 3.73. The minimum atomic E-state index is 0.288. The van der Waals surface area contributed by atoms with Gasteiger partial charge in [0.05, 0.1) is 17.8 Å². The molecule has 0 radical (unpaired) electrons. The lowest BCUT2D eigenvalue weighted by molar-refractivity contribution is 0.237. The number of pyridine rings is 1. The number of nitrogens with zero attached hydrogens (tertiary/aromatic N) is 6. The molecule has 0 bridgehead atoms. The molecule has 130 valence electrons. The van der Waals surface area contributed by atoms with Gasteiger partial charge in [-0.25, -0.2) is 4.68 Å². The third-order valence-electron chi connectivity index (χ3n) is 4.92. The van der Waals surface area contributed by atoms with Crippen LogP contribution in [0, 0.1) is 0 Å². The van der Waals surface area contributed by atoms with Crippen LogP contribution in [0.25, 0.3) is 10.9 Å². The number of likely N-dealkylation sites (tertiary alicyclic amines) is 1. The summed E-state index contributed by atoms with van der Waals surface area (Å²) in [6.07, 6.45) is 5.52. The highest BCUT2D eigenvalue weighted by Crippen LogP contribution is 2.28. The van der Waals surface area contributed by atoms with Gasteiger partial charge in [-0.1, -0.05) is 22.9 Å². The van der Waals surface area contributed by atoms with E-state index in [1.807, 2.05) is 35.3 Å². The van der Waals surface area contributed by atoms with Gasteiger partial charge in [0.25, 0.3) is 0 Å². The molecule has 0 N–H and O–H groups in total. The van der Waals surface area contributed by atoms with Crippen LogP contribution in [-0.2, 0) is 6.54 Å². The second kappa shape index (κ2) is 6.71. The molecule has 1 aromatic carbocycles. The Kier molecular flexibility index (Phi) is 4.41. The maximum Gasteiger partial charge on any atom is 0.0831 e. The van der Waals surface area contributed by atoms with E-state index < -0.39 is 0 Å². The molecule has 7 heteroatoms. The Balaban J connectivity index is 1.62. The first-order valence-corrected chi connectivity index (χ1v) is 8.77. The molecule has 2 atom stereocenters. The molecule has 0 spiro atoms. The quantitative estimate of drug-likeness (QED) is 0.718. The number of hydrogen-bond acceptors (Lipinski definition) is 5. The smallest absolute Gasteiger partial charge is 0.0831 e. The lowest BCUT2D eigenvalue weighted by Gasteiger charge is -2.24. The molecule has 0 saturated carbocycles. The first kappa shape index (κ1) is 16.4. The predicted octanol–water partition coefficient (Wildman–Crippen LogP) is 2.47. The van der Waals surface area contributed by atoms with Crippen molar-refractivity contribution in [1.82, 2.24) is 29.8 Å². The molecular formula is C18H21ClN6. The topological polar surface area (TPSA) is 50.1 Å². The highest BCUT2D eigenvalue weighted by Gasteiger charge is 2.36.